The van der Waals surface area contributed by atoms with Crippen molar-refractivity contribution in [3.05, 3.63) is 47.9 Å². The number of carbonyl (C=O) groups excluding carboxylic acids is 1. The molecule has 0 unspecified atom stereocenters. The number of nitrogens with two attached hydrogens (primary N) is 1. The van der Waals surface area contributed by atoms with Gasteiger partial charge in [0, 0.05) is 13.0 Å². The number of nitrogens with zero attached hydrogens (tertiary/aromatic N) is 1. The minimum absolute atomic E-state index is 0.0294. The first-order valence-corrected chi connectivity index (χ1v) is 5.41. The second-order valence-electron chi connectivity index (χ2n) is 3.59. The molecule has 94 valence electrons. The molecule has 1 heterocycles. The Labute approximate surface area is 103 Å². The predicted molar refractivity (Wildman–Crippen MR) is 63.6 cm³/mol. The molecule has 0 fully saturated rings. The van der Waals surface area contributed by atoms with E-state index >= 15 is 0 Å². The maximum absolute atomic E-state index is 13.3. The summed E-state index contributed by atoms with van der Waals surface area (Å²) in [6.45, 7) is 0.384. The zero-order chi connectivity index (χ0) is 13.0. The fraction of sp³-hybridized carbons (Fsp3) is 0.167. The third kappa shape index (κ3) is 2.72. The lowest BCUT2D eigenvalue weighted by Crippen LogP contribution is -2.12. The Balaban J connectivity index is 2.10. The average molecular weight is 249 g/mol. The molecule has 5 nitrogen and oxygen atoms in total. The van der Waals surface area contributed by atoms with Crippen LogP contribution in [-0.2, 0) is 6.42 Å². The molecule has 18 heavy (non-hydrogen) atoms. The maximum atomic E-state index is 13.3. The standard InChI is InChI=1S/C12H12FN3O2/c13-8-3-1-2-4-9(8)16-12(17)10-7-15-11(18-10)5-6-14/h1-4,7H,5-6,14H2,(H,16,17). The van der Waals surface area contributed by atoms with Gasteiger partial charge >= 0.3 is 0 Å². The third-order valence-electron chi connectivity index (χ3n) is 2.26. The number of hydrogen-bond acceptors (Lipinski definition) is 4. The van der Waals surface area contributed by atoms with Gasteiger partial charge in [0.1, 0.15) is 5.82 Å². The first-order valence-electron chi connectivity index (χ1n) is 5.41. The molecule has 0 saturated carbocycles. The molecule has 0 atom stereocenters. The Morgan fingerprint density at radius 3 is 2.94 bits per heavy atom. The van der Waals surface area contributed by atoms with Crippen LogP contribution in [-0.4, -0.2) is 17.4 Å². The fourth-order valence-corrected chi connectivity index (χ4v) is 1.40. The molecule has 2 rings (SSSR count). The summed E-state index contributed by atoms with van der Waals surface area (Å²) in [6, 6.07) is 5.89. The van der Waals surface area contributed by atoms with Crippen molar-refractivity contribution >= 4 is 11.6 Å². The Hall–Kier alpha value is -2.21. The van der Waals surface area contributed by atoms with Crippen molar-refractivity contribution < 1.29 is 13.6 Å². The van der Waals surface area contributed by atoms with Crippen molar-refractivity contribution in [2.45, 2.75) is 6.42 Å². The second kappa shape index (κ2) is 5.42. The van der Waals surface area contributed by atoms with E-state index in [0.717, 1.165) is 0 Å². The highest BCUT2D eigenvalue weighted by molar-refractivity contribution is 6.02. The van der Waals surface area contributed by atoms with Crippen molar-refractivity contribution in [3.8, 4) is 0 Å². The monoisotopic (exact) mass is 249 g/mol. The van der Waals surface area contributed by atoms with Gasteiger partial charge in [-0.25, -0.2) is 9.37 Å². The molecule has 6 heteroatoms. The molecule has 0 saturated heterocycles. The molecule has 1 aromatic carbocycles. The first kappa shape index (κ1) is 12.3. The second-order valence-corrected chi connectivity index (χ2v) is 3.59. The van der Waals surface area contributed by atoms with Gasteiger partial charge in [0.15, 0.2) is 5.89 Å². The quantitative estimate of drug-likeness (QED) is 0.861. The van der Waals surface area contributed by atoms with E-state index in [9.17, 15) is 9.18 Å². The van der Waals surface area contributed by atoms with Crippen LogP contribution in [0.15, 0.2) is 34.9 Å². The van der Waals surface area contributed by atoms with E-state index in [1.165, 1.54) is 18.3 Å². The summed E-state index contributed by atoms with van der Waals surface area (Å²) in [4.78, 5) is 15.6. The van der Waals surface area contributed by atoms with Crippen molar-refractivity contribution in [1.82, 2.24) is 4.98 Å². The number of oxazole rings is 1. The highest BCUT2D eigenvalue weighted by Gasteiger charge is 2.13. The summed E-state index contributed by atoms with van der Waals surface area (Å²) in [5.74, 6) is -0.638. The van der Waals surface area contributed by atoms with E-state index in [1.807, 2.05) is 0 Å². The third-order valence-corrected chi connectivity index (χ3v) is 2.26. The van der Waals surface area contributed by atoms with Gasteiger partial charge in [-0.1, -0.05) is 12.1 Å². The zero-order valence-electron chi connectivity index (χ0n) is 9.52. The fourth-order valence-electron chi connectivity index (χ4n) is 1.40. The molecule has 0 aliphatic carbocycles. The number of rotatable bonds is 4. The number of carbonyl (C=O) groups is 1. The van der Waals surface area contributed by atoms with Crippen LogP contribution in [0.5, 0.6) is 0 Å². The lowest BCUT2D eigenvalue weighted by molar-refractivity contribution is 0.0994. The van der Waals surface area contributed by atoms with Gasteiger partial charge in [0.05, 0.1) is 11.9 Å². The molecule has 1 amide bonds. The highest BCUT2D eigenvalue weighted by Crippen LogP contribution is 2.14. The van der Waals surface area contributed by atoms with Gasteiger partial charge in [-0.3, -0.25) is 4.79 Å². The number of benzene rings is 1. The van der Waals surface area contributed by atoms with E-state index in [2.05, 4.69) is 10.3 Å². The maximum Gasteiger partial charge on any atom is 0.293 e. The summed E-state index contributed by atoms with van der Waals surface area (Å²) in [6.07, 6.45) is 1.74. The topological polar surface area (TPSA) is 81.1 Å². The largest absolute Gasteiger partial charge is 0.435 e. The Bertz CT molecular complexity index is 554. The van der Waals surface area contributed by atoms with Crippen molar-refractivity contribution in [3.63, 3.8) is 0 Å². The van der Waals surface area contributed by atoms with Crippen LogP contribution < -0.4 is 11.1 Å². The number of amides is 1. The molecule has 1 aromatic heterocycles. The first-order chi connectivity index (χ1) is 8.70. The minimum Gasteiger partial charge on any atom is -0.435 e. The van der Waals surface area contributed by atoms with Crippen LogP contribution >= 0.6 is 0 Å². The highest BCUT2D eigenvalue weighted by atomic mass is 19.1. The summed E-state index contributed by atoms with van der Waals surface area (Å²) in [7, 11) is 0. The molecule has 0 bridgehead atoms. The SMILES string of the molecule is NCCc1ncc(C(=O)Nc2ccccc2F)o1. The van der Waals surface area contributed by atoms with Gasteiger partial charge in [-0.05, 0) is 12.1 Å². The van der Waals surface area contributed by atoms with Crippen LogP contribution in [0.2, 0.25) is 0 Å². The number of hydrogen-bond donors (Lipinski definition) is 2. The molecular formula is C12H12FN3O2. The Morgan fingerprint density at radius 2 is 2.22 bits per heavy atom. The average Bonchev–Trinajstić information content (AvgIpc) is 2.81. The Morgan fingerprint density at radius 1 is 1.44 bits per heavy atom. The number of halogens is 1. The predicted octanol–water partition coefficient (Wildman–Crippen LogP) is 1.57. The van der Waals surface area contributed by atoms with E-state index in [4.69, 9.17) is 10.2 Å². The molecule has 0 spiro atoms. The van der Waals surface area contributed by atoms with Crippen LogP contribution in [0, 0.1) is 5.82 Å². The molecule has 3 N–H and O–H groups in total. The normalized spacial score (nSPS) is 10.3. The minimum atomic E-state index is -0.545. The molecule has 0 radical (unpaired) electrons. The number of nitrogens with one attached hydrogen (secondary N) is 1. The molecule has 2 aromatic rings. The Kier molecular flexibility index (Phi) is 3.69. The van der Waals surface area contributed by atoms with Gasteiger partial charge in [0.25, 0.3) is 5.91 Å². The van der Waals surface area contributed by atoms with Crippen molar-refractivity contribution in [2.24, 2.45) is 5.73 Å². The van der Waals surface area contributed by atoms with Crippen LogP contribution in [0.4, 0.5) is 10.1 Å². The zero-order valence-corrected chi connectivity index (χ0v) is 9.52. The van der Waals surface area contributed by atoms with Crippen molar-refractivity contribution in [1.29, 1.82) is 0 Å². The summed E-state index contributed by atoms with van der Waals surface area (Å²) >= 11 is 0. The van der Waals surface area contributed by atoms with Gasteiger partial charge in [-0.15, -0.1) is 0 Å². The summed E-state index contributed by atoms with van der Waals surface area (Å²) < 4.78 is 18.5. The molecular weight excluding hydrogens is 237 g/mol. The van der Waals surface area contributed by atoms with Crippen LogP contribution in [0.1, 0.15) is 16.4 Å². The van der Waals surface area contributed by atoms with Gasteiger partial charge in [0.2, 0.25) is 5.76 Å². The van der Waals surface area contributed by atoms with Crippen LogP contribution in [0.3, 0.4) is 0 Å². The van der Waals surface area contributed by atoms with E-state index in [0.29, 0.717) is 18.9 Å². The smallest absolute Gasteiger partial charge is 0.293 e. The number of aromatic nitrogens is 1. The molecule has 0 aliphatic heterocycles. The number of para-hydroxylation sites is 1. The van der Waals surface area contributed by atoms with Gasteiger partial charge in [-0.2, -0.15) is 0 Å². The summed E-state index contributed by atoms with van der Waals surface area (Å²) in [5.41, 5.74) is 5.44. The molecule has 0 aliphatic rings. The lowest BCUT2D eigenvalue weighted by atomic mass is 10.3. The summed E-state index contributed by atoms with van der Waals surface area (Å²) in [5, 5.41) is 2.40. The lowest BCUT2D eigenvalue weighted by Gasteiger charge is -2.03. The number of anilines is 1. The van der Waals surface area contributed by atoms with E-state index in [1.54, 1.807) is 12.1 Å². The van der Waals surface area contributed by atoms with E-state index < -0.39 is 11.7 Å². The van der Waals surface area contributed by atoms with Crippen molar-refractivity contribution in [2.75, 3.05) is 11.9 Å². The van der Waals surface area contributed by atoms with E-state index in [-0.39, 0.29) is 11.4 Å². The van der Waals surface area contributed by atoms with Gasteiger partial charge < -0.3 is 15.5 Å². The van der Waals surface area contributed by atoms with Crippen LogP contribution in [0.25, 0.3) is 0 Å².